The molecule has 2 saturated heterocycles. The van der Waals surface area contributed by atoms with Crippen molar-refractivity contribution in [2.75, 3.05) is 13.1 Å². The van der Waals surface area contributed by atoms with Gasteiger partial charge in [0.15, 0.2) is 5.58 Å². The normalized spacial score (nSPS) is 23.7. The molecule has 0 aliphatic carbocycles. The maximum atomic E-state index is 12.9. The summed E-state index contributed by atoms with van der Waals surface area (Å²) in [5, 5.41) is 0. The van der Waals surface area contributed by atoms with Crippen molar-refractivity contribution in [1.82, 2.24) is 13.8 Å². The average Bonchev–Trinajstić information content (AvgIpc) is 3.03. The molecule has 30 heavy (non-hydrogen) atoms. The summed E-state index contributed by atoms with van der Waals surface area (Å²) in [6, 6.07) is 4.73. The molecular formula is C21H29N3O5S. The standard InChI is InChI=1S/C21H29N3O5S/c1-15-7-6-8-16(2)24(15)20(25)14-23-18-10-9-17(13-19(18)29-21(23)26)30(27,28)22-11-4-3-5-12-22/h9-10,13,15-16H,3-8,11-12,14H2,1-2H3/t15-,16-/m0/s1. The number of carbonyl (C=O) groups is 1. The van der Waals surface area contributed by atoms with Crippen LogP contribution in [0.3, 0.4) is 0 Å². The molecule has 0 radical (unpaired) electrons. The summed E-state index contributed by atoms with van der Waals surface area (Å²) in [5.74, 6) is -0.771. The molecule has 1 amide bonds. The Labute approximate surface area is 176 Å². The van der Waals surface area contributed by atoms with Crippen LogP contribution in [0.15, 0.2) is 32.3 Å². The average molecular weight is 436 g/mol. The van der Waals surface area contributed by atoms with E-state index >= 15 is 0 Å². The number of amides is 1. The minimum absolute atomic E-state index is 0.112. The van der Waals surface area contributed by atoms with E-state index < -0.39 is 15.8 Å². The van der Waals surface area contributed by atoms with Gasteiger partial charge >= 0.3 is 5.76 Å². The molecule has 1 aromatic heterocycles. The number of carbonyl (C=O) groups excluding carboxylic acids is 1. The number of sulfonamides is 1. The molecule has 3 heterocycles. The molecule has 1 aromatic carbocycles. The zero-order chi connectivity index (χ0) is 21.5. The lowest BCUT2D eigenvalue weighted by Gasteiger charge is -2.39. The van der Waals surface area contributed by atoms with Crippen molar-refractivity contribution in [3.8, 4) is 0 Å². The van der Waals surface area contributed by atoms with E-state index in [2.05, 4.69) is 0 Å². The molecule has 2 atom stereocenters. The summed E-state index contributed by atoms with van der Waals surface area (Å²) in [4.78, 5) is 27.3. The molecule has 9 heteroatoms. The number of aromatic nitrogens is 1. The number of hydrogen-bond acceptors (Lipinski definition) is 5. The van der Waals surface area contributed by atoms with Crippen molar-refractivity contribution < 1.29 is 17.6 Å². The van der Waals surface area contributed by atoms with Gasteiger partial charge in [0.2, 0.25) is 15.9 Å². The smallest absolute Gasteiger partial charge is 0.408 e. The van der Waals surface area contributed by atoms with Crippen LogP contribution in [0.1, 0.15) is 52.4 Å². The first-order valence-corrected chi connectivity index (χ1v) is 12.2. The minimum atomic E-state index is -3.62. The van der Waals surface area contributed by atoms with E-state index in [9.17, 15) is 18.0 Å². The Kier molecular flexibility index (Phi) is 5.76. The Morgan fingerprint density at radius 2 is 1.73 bits per heavy atom. The second-order valence-corrected chi connectivity index (χ2v) is 10.4. The Morgan fingerprint density at radius 1 is 1.07 bits per heavy atom. The van der Waals surface area contributed by atoms with E-state index in [0.717, 1.165) is 38.5 Å². The van der Waals surface area contributed by atoms with E-state index in [1.165, 1.54) is 21.0 Å². The van der Waals surface area contributed by atoms with Gasteiger partial charge in [-0.2, -0.15) is 4.31 Å². The highest BCUT2D eigenvalue weighted by atomic mass is 32.2. The van der Waals surface area contributed by atoms with E-state index in [1.807, 2.05) is 18.7 Å². The summed E-state index contributed by atoms with van der Waals surface area (Å²) in [6.07, 6.45) is 5.73. The van der Waals surface area contributed by atoms with E-state index in [4.69, 9.17) is 4.42 Å². The van der Waals surface area contributed by atoms with Crippen molar-refractivity contribution in [2.45, 2.75) is 75.9 Å². The van der Waals surface area contributed by atoms with Crippen LogP contribution in [0.2, 0.25) is 0 Å². The highest BCUT2D eigenvalue weighted by Crippen LogP contribution is 2.26. The highest BCUT2D eigenvalue weighted by molar-refractivity contribution is 7.89. The Bertz CT molecular complexity index is 1090. The van der Waals surface area contributed by atoms with Crippen molar-refractivity contribution >= 4 is 27.0 Å². The third-order valence-corrected chi connectivity index (χ3v) is 8.26. The lowest BCUT2D eigenvalue weighted by molar-refractivity contribution is -0.137. The van der Waals surface area contributed by atoms with Crippen LogP contribution in [0, 0.1) is 0 Å². The molecule has 0 bridgehead atoms. The predicted octanol–water partition coefficient (Wildman–Crippen LogP) is 2.56. The third kappa shape index (κ3) is 3.80. The van der Waals surface area contributed by atoms with Gasteiger partial charge in [-0.15, -0.1) is 0 Å². The fourth-order valence-electron chi connectivity index (χ4n) is 4.74. The van der Waals surface area contributed by atoms with E-state index in [0.29, 0.717) is 18.6 Å². The van der Waals surface area contributed by atoms with Crippen LogP contribution in [0.4, 0.5) is 0 Å². The van der Waals surface area contributed by atoms with Crippen LogP contribution in [0.25, 0.3) is 11.1 Å². The van der Waals surface area contributed by atoms with Crippen LogP contribution >= 0.6 is 0 Å². The Hall–Kier alpha value is -2.13. The molecule has 2 aromatic rings. The van der Waals surface area contributed by atoms with E-state index in [1.54, 1.807) is 6.07 Å². The summed E-state index contributed by atoms with van der Waals surface area (Å²) in [7, 11) is -3.62. The van der Waals surface area contributed by atoms with Gasteiger partial charge in [0, 0.05) is 31.2 Å². The molecule has 0 saturated carbocycles. The maximum absolute atomic E-state index is 12.9. The molecule has 2 aliphatic heterocycles. The van der Waals surface area contributed by atoms with Gasteiger partial charge in [0.05, 0.1) is 10.4 Å². The molecule has 164 valence electrons. The van der Waals surface area contributed by atoms with Crippen LogP contribution < -0.4 is 5.76 Å². The molecule has 2 fully saturated rings. The quantitative estimate of drug-likeness (QED) is 0.736. The number of likely N-dealkylation sites (tertiary alicyclic amines) is 1. The van der Waals surface area contributed by atoms with Gasteiger partial charge < -0.3 is 9.32 Å². The number of oxazole rings is 1. The number of nitrogens with zero attached hydrogens (tertiary/aromatic N) is 3. The van der Waals surface area contributed by atoms with Crippen molar-refractivity contribution in [2.24, 2.45) is 0 Å². The van der Waals surface area contributed by atoms with Crippen LogP contribution in [-0.4, -0.2) is 53.3 Å². The molecule has 0 N–H and O–H groups in total. The first-order chi connectivity index (χ1) is 14.3. The fourth-order valence-corrected chi connectivity index (χ4v) is 6.27. The van der Waals surface area contributed by atoms with Crippen LogP contribution in [0.5, 0.6) is 0 Å². The minimum Gasteiger partial charge on any atom is -0.408 e. The number of piperidine rings is 2. The zero-order valence-electron chi connectivity index (χ0n) is 17.5. The van der Waals surface area contributed by atoms with Gasteiger partial charge in [0.1, 0.15) is 6.54 Å². The second kappa shape index (κ2) is 8.19. The number of hydrogen-bond donors (Lipinski definition) is 0. The SMILES string of the molecule is C[C@H]1CCC[C@H](C)N1C(=O)Cn1c(=O)oc2cc(S(=O)(=O)N3CCCCC3)ccc21. The topological polar surface area (TPSA) is 92.8 Å². The monoisotopic (exact) mass is 435 g/mol. The second-order valence-electron chi connectivity index (χ2n) is 8.48. The number of benzene rings is 1. The lowest BCUT2D eigenvalue weighted by Crippen LogP contribution is -2.49. The van der Waals surface area contributed by atoms with Crippen LogP contribution in [-0.2, 0) is 21.4 Å². The van der Waals surface area contributed by atoms with Gasteiger partial charge in [-0.1, -0.05) is 6.42 Å². The summed E-state index contributed by atoms with van der Waals surface area (Å²) < 4.78 is 33.9. The van der Waals surface area contributed by atoms with Gasteiger partial charge in [-0.25, -0.2) is 13.2 Å². The predicted molar refractivity (Wildman–Crippen MR) is 113 cm³/mol. The number of fused-ring (bicyclic) bond motifs is 1. The summed E-state index contributed by atoms with van der Waals surface area (Å²) >= 11 is 0. The zero-order valence-corrected chi connectivity index (χ0v) is 18.4. The van der Waals surface area contributed by atoms with Crippen molar-refractivity contribution in [1.29, 1.82) is 0 Å². The molecule has 0 spiro atoms. The number of rotatable bonds is 4. The summed E-state index contributed by atoms with van der Waals surface area (Å²) in [6.45, 7) is 4.96. The molecular weight excluding hydrogens is 406 g/mol. The first kappa shape index (κ1) is 21.1. The Morgan fingerprint density at radius 3 is 2.40 bits per heavy atom. The Balaban J connectivity index is 1.62. The summed E-state index contributed by atoms with van der Waals surface area (Å²) in [5.41, 5.74) is 0.619. The molecule has 4 rings (SSSR count). The largest absolute Gasteiger partial charge is 0.420 e. The third-order valence-electron chi connectivity index (χ3n) is 6.37. The molecule has 2 aliphatic rings. The maximum Gasteiger partial charge on any atom is 0.420 e. The fraction of sp³-hybridized carbons (Fsp3) is 0.619. The van der Waals surface area contributed by atoms with Gasteiger partial charge in [0.25, 0.3) is 0 Å². The van der Waals surface area contributed by atoms with Crippen molar-refractivity contribution in [3.63, 3.8) is 0 Å². The highest BCUT2D eigenvalue weighted by Gasteiger charge is 2.30. The van der Waals surface area contributed by atoms with E-state index in [-0.39, 0.29) is 35.0 Å². The molecule has 8 nitrogen and oxygen atoms in total. The van der Waals surface area contributed by atoms with Crippen molar-refractivity contribution in [3.05, 3.63) is 28.7 Å². The lowest BCUT2D eigenvalue weighted by atomic mass is 9.97. The van der Waals surface area contributed by atoms with Gasteiger partial charge in [-0.05, 0) is 58.1 Å². The first-order valence-electron chi connectivity index (χ1n) is 10.7. The molecule has 0 unspecified atom stereocenters. The van der Waals surface area contributed by atoms with Gasteiger partial charge in [-0.3, -0.25) is 9.36 Å².